The van der Waals surface area contributed by atoms with E-state index in [0.717, 1.165) is 23.5 Å². The van der Waals surface area contributed by atoms with Gasteiger partial charge in [-0.1, -0.05) is 31.2 Å². The normalized spacial score (nSPS) is 11.2. The Kier molecular flexibility index (Phi) is 3.33. The van der Waals surface area contributed by atoms with E-state index in [1.54, 1.807) is 0 Å². The molecule has 0 aliphatic heterocycles. The molecule has 2 aromatic heterocycles. The largest absolute Gasteiger partial charge is 0.277 e. The van der Waals surface area contributed by atoms with Gasteiger partial charge < -0.3 is 0 Å². The van der Waals surface area contributed by atoms with Crippen LogP contribution in [0.1, 0.15) is 35.1 Å². The first-order valence-electron chi connectivity index (χ1n) is 7.11. The zero-order valence-electron chi connectivity index (χ0n) is 12.5. The summed E-state index contributed by atoms with van der Waals surface area (Å²) in [6.45, 7) is 5.92. The van der Waals surface area contributed by atoms with Gasteiger partial charge in [0.1, 0.15) is 5.82 Å². The molecule has 0 spiro atoms. The fraction of sp³-hybridized carbons (Fsp3) is 0.312. The number of nitrogens with zero attached hydrogens (tertiary/aromatic N) is 3. The van der Waals surface area contributed by atoms with E-state index >= 15 is 0 Å². The van der Waals surface area contributed by atoms with Crippen molar-refractivity contribution < 1.29 is 0 Å². The van der Waals surface area contributed by atoms with Gasteiger partial charge in [-0.15, -0.1) is 0 Å². The second kappa shape index (κ2) is 5.16. The average molecular weight is 282 g/mol. The summed E-state index contributed by atoms with van der Waals surface area (Å²) in [6, 6.07) is 8.10. The molecule has 0 radical (unpaired) electrons. The van der Waals surface area contributed by atoms with E-state index in [1.165, 1.54) is 10.1 Å². The maximum atomic E-state index is 12.6. The van der Waals surface area contributed by atoms with Gasteiger partial charge in [0.2, 0.25) is 0 Å². The maximum Gasteiger partial charge on any atom is 0.277 e. The van der Waals surface area contributed by atoms with Gasteiger partial charge in [-0.05, 0) is 25.0 Å². The van der Waals surface area contributed by atoms with Crippen molar-refractivity contribution in [1.29, 1.82) is 0 Å². The number of fused-ring (bicyclic) bond motifs is 1. The Morgan fingerprint density at radius 1 is 1.19 bits per heavy atom. The first-order chi connectivity index (χ1) is 10.1. The molecule has 1 aromatic carbocycles. The van der Waals surface area contributed by atoms with Gasteiger partial charge in [0.05, 0.1) is 5.69 Å². The average Bonchev–Trinajstić information content (AvgIpc) is 2.88. The van der Waals surface area contributed by atoms with Crippen molar-refractivity contribution in [2.24, 2.45) is 0 Å². The summed E-state index contributed by atoms with van der Waals surface area (Å²) < 4.78 is 1.44. The van der Waals surface area contributed by atoms with Crippen molar-refractivity contribution in [3.8, 4) is 0 Å². The molecule has 0 aliphatic carbocycles. The van der Waals surface area contributed by atoms with E-state index in [4.69, 9.17) is 0 Å². The standard InChI is InChI=1S/C16H18N4O/c1-4-14-18-16-17-11(3)13(15(21)20(16)19-14)9-12-8-6-5-7-10(12)2/h5-8H,4,9H2,1-3H3,(H,17,18,19). The van der Waals surface area contributed by atoms with Crippen LogP contribution in [-0.2, 0) is 12.8 Å². The van der Waals surface area contributed by atoms with E-state index in [9.17, 15) is 4.79 Å². The van der Waals surface area contributed by atoms with Crippen LogP contribution in [-0.4, -0.2) is 19.6 Å². The smallest absolute Gasteiger partial charge is 0.275 e. The van der Waals surface area contributed by atoms with Crippen LogP contribution >= 0.6 is 0 Å². The van der Waals surface area contributed by atoms with Gasteiger partial charge in [-0.2, -0.15) is 9.50 Å². The molecule has 3 rings (SSSR count). The molecule has 0 atom stereocenters. The van der Waals surface area contributed by atoms with Crippen LogP contribution in [0, 0.1) is 13.8 Å². The first-order valence-corrected chi connectivity index (χ1v) is 7.11. The summed E-state index contributed by atoms with van der Waals surface area (Å²) >= 11 is 0. The van der Waals surface area contributed by atoms with Gasteiger partial charge in [-0.3, -0.25) is 9.89 Å². The maximum absolute atomic E-state index is 12.6. The molecule has 3 aromatic rings. The molecule has 2 heterocycles. The highest BCUT2D eigenvalue weighted by molar-refractivity contribution is 5.36. The second-order valence-corrected chi connectivity index (χ2v) is 5.24. The Bertz CT molecular complexity index is 860. The number of aromatic nitrogens is 4. The topological polar surface area (TPSA) is 63.1 Å². The number of hydrogen-bond acceptors (Lipinski definition) is 3. The molecule has 108 valence electrons. The molecule has 0 amide bonds. The lowest BCUT2D eigenvalue weighted by atomic mass is 10.0. The number of nitrogens with one attached hydrogen (secondary N) is 1. The zero-order chi connectivity index (χ0) is 15.0. The predicted molar refractivity (Wildman–Crippen MR) is 81.7 cm³/mol. The minimum absolute atomic E-state index is 0.0621. The third-order valence-electron chi connectivity index (χ3n) is 3.80. The van der Waals surface area contributed by atoms with Gasteiger partial charge in [0.25, 0.3) is 11.3 Å². The van der Waals surface area contributed by atoms with Crippen molar-refractivity contribution in [1.82, 2.24) is 19.6 Å². The van der Waals surface area contributed by atoms with Gasteiger partial charge >= 0.3 is 0 Å². The van der Waals surface area contributed by atoms with Crippen molar-refractivity contribution in [3.63, 3.8) is 0 Å². The van der Waals surface area contributed by atoms with E-state index in [-0.39, 0.29) is 5.56 Å². The molecular weight excluding hydrogens is 264 g/mol. The zero-order valence-corrected chi connectivity index (χ0v) is 12.5. The lowest BCUT2D eigenvalue weighted by Crippen LogP contribution is -2.22. The van der Waals surface area contributed by atoms with Crippen molar-refractivity contribution in [2.75, 3.05) is 0 Å². The van der Waals surface area contributed by atoms with Crippen molar-refractivity contribution in [3.05, 3.63) is 62.8 Å². The van der Waals surface area contributed by atoms with Crippen molar-refractivity contribution >= 4 is 5.78 Å². The highest BCUT2D eigenvalue weighted by Gasteiger charge is 2.13. The van der Waals surface area contributed by atoms with Gasteiger partial charge in [-0.25, -0.2) is 4.98 Å². The lowest BCUT2D eigenvalue weighted by molar-refractivity contribution is 0.830. The highest BCUT2D eigenvalue weighted by atomic mass is 16.1. The minimum Gasteiger partial charge on any atom is -0.275 e. The van der Waals surface area contributed by atoms with Crippen LogP contribution in [0.15, 0.2) is 29.1 Å². The van der Waals surface area contributed by atoms with Crippen LogP contribution in [0.25, 0.3) is 5.78 Å². The minimum atomic E-state index is -0.0621. The molecule has 0 saturated carbocycles. The fourth-order valence-electron chi connectivity index (χ4n) is 2.46. The van der Waals surface area contributed by atoms with Crippen molar-refractivity contribution in [2.45, 2.75) is 33.6 Å². The van der Waals surface area contributed by atoms with Crippen LogP contribution in [0.5, 0.6) is 0 Å². The fourth-order valence-corrected chi connectivity index (χ4v) is 2.46. The van der Waals surface area contributed by atoms with Crippen LogP contribution in [0.3, 0.4) is 0 Å². The third-order valence-corrected chi connectivity index (χ3v) is 3.80. The van der Waals surface area contributed by atoms with E-state index < -0.39 is 0 Å². The Morgan fingerprint density at radius 3 is 2.67 bits per heavy atom. The predicted octanol–water partition coefficient (Wildman–Crippen LogP) is 2.19. The highest BCUT2D eigenvalue weighted by Crippen LogP contribution is 2.13. The molecule has 0 saturated heterocycles. The number of aromatic amines is 1. The first kappa shape index (κ1) is 13.5. The summed E-state index contributed by atoms with van der Waals surface area (Å²) in [5, 5.41) is 3.01. The monoisotopic (exact) mass is 282 g/mol. The molecule has 0 aliphatic rings. The quantitative estimate of drug-likeness (QED) is 0.801. The number of hydrogen-bond donors (Lipinski definition) is 1. The van der Waals surface area contributed by atoms with Crippen LogP contribution in [0.4, 0.5) is 0 Å². The Morgan fingerprint density at radius 2 is 1.95 bits per heavy atom. The molecule has 0 unspecified atom stereocenters. The third kappa shape index (κ3) is 2.35. The van der Waals surface area contributed by atoms with Gasteiger partial charge in [0.15, 0.2) is 0 Å². The van der Waals surface area contributed by atoms with Crippen LogP contribution in [0.2, 0.25) is 0 Å². The summed E-state index contributed by atoms with van der Waals surface area (Å²) in [5.41, 5.74) is 3.73. The SMILES string of the molecule is CCc1nc2nc(C)c(Cc3ccccc3C)c(=O)n2[nH]1. The Labute approximate surface area is 122 Å². The molecule has 0 fully saturated rings. The Hall–Kier alpha value is -2.43. The summed E-state index contributed by atoms with van der Waals surface area (Å²) in [6.07, 6.45) is 1.34. The molecule has 5 nitrogen and oxygen atoms in total. The van der Waals surface area contributed by atoms with E-state index in [0.29, 0.717) is 17.8 Å². The molecule has 1 N–H and O–H groups in total. The van der Waals surface area contributed by atoms with E-state index in [2.05, 4.69) is 28.1 Å². The summed E-state index contributed by atoms with van der Waals surface area (Å²) in [5.74, 6) is 1.22. The number of rotatable bonds is 3. The number of H-pyrrole nitrogens is 1. The molecular formula is C16H18N4O. The molecule has 5 heteroatoms. The lowest BCUT2D eigenvalue weighted by Gasteiger charge is -2.07. The van der Waals surface area contributed by atoms with Gasteiger partial charge in [0, 0.05) is 18.4 Å². The summed E-state index contributed by atoms with van der Waals surface area (Å²) in [7, 11) is 0. The summed E-state index contributed by atoms with van der Waals surface area (Å²) in [4.78, 5) is 21.4. The van der Waals surface area contributed by atoms with E-state index in [1.807, 2.05) is 32.0 Å². The Balaban J connectivity index is 2.14. The second-order valence-electron chi connectivity index (χ2n) is 5.24. The number of aryl methyl sites for hydroxylation is 3. The van der Waals surface area contributed by atoms with Crippen LogP contribution < -0.4 is 5.56 Å². The number of benzene rings is 1. The molecule has 21 heavy (non-hydrogen) atoms. The molecule has 0 bridgehead atoms.